The first-order valence-electron chi connectivity index (χ1n) is 12.0. The number of hydrogen-bond donors (Lipinski definition) is 2. The second-order valence-corrected chi connectivity index (χ2v) is 10.0. The lowest BCUT2D eigenvalue weighted by Gasteiger charge is -2.30. The van der Waals surface area contributed by atoms with Crippen LogP contribution >= 0.6 is 0 Å². The first-order chi connectivity index (χ1) is 17.1. The lowest BCUT2D eigenvalue weighted by atomic mass is 9.91. The molecule has 0 bridgehead atoms. The standard InChI is InChI=1S/C27H31F3N4O3/c1-8-37-26(6)19-13-20-17(12-21(19)34(7)24(26)35)23(33-15(3)32-20)31-14(2)16-10-9-11-18(22(16)28)27(29,30)25(4,5)36/h9-14,36H,8H2,1-7H3,(H,31,32,33)/t14-,26?/m1/s1. The van der Waals surface area contributed by atoms with Gasteiger partial charge >= 0.3 is 5.92 Å². The van der Waals surface area contributed by atoms with E-state index < -0.39 is 34.5 Å². The van der Waals surface area contributed by atoms with Crippen molar-refractivity contribution in [3.05, 3.63) is 58.7 Å². The van der Waals surface area contributed by atoms with E-state index in [1.165, 1.54) is 17.0 Å². The Balaban J connectivity index is 1.79. The Morgan fingerprint density at radius 2 is 1.92 bits per heavy atom. The molecular formula is C27H31F3N4O3. The van der Waals surface area contributed by atoms with E-state index in [0.717, 1.165) is 19.9 Å². The monoisotopic (exact) mass is 516 g/mol. The highest BCUT2D eigenvalue weighted by atomic mass is 19.3. The number of alkyl halides is 2. The van der Waals surface area contributed by atoms with Crippen molar-refractivity contribution < 1.29 is 27.8 Å². The fraction of sp³-hybridized carbons (Fsp3) is 0.444. The molecule has 1 aromatic heterocycles. The molecule has 1 unspecified atom stereocenters. The smallest absolute Gasteiger partial charge is 0.303 e. The summed E-state index contributed by atoms with van der Waals surface area (Å²) < 4.78 is 50.8. The summed E-state index contributed by atoms with van der Waals surface area (Å²) in [5.74, 6) is -4.33. The number of aryl methyl sites for hydroxylation is 1. The average molecular weight is 517 g/mol. The Hall–Kier alpha value is -3.24. The number of nitrogens with one attached hydrogen (secondary N) is 1. The minimum atomic E-state index is -3.81. The molecule has 7 nitrogen and oxygen atoms in total. The van der Waals surface area contributed by atoms with Gasteiger partial charge in [-0.3, -0.25) is 4.79 Å². The number of carbonyl (C=O) groups excluding carboxylic acids is 1. The molecule has 0 aliphatic carbocycles. The lowest BCUT2D eigenvalue weighted by molar-refractivity contribution is -0.170. The van der Waals surface area contributed by atoms with E-state index in [1.807, 2.05) is 6.92 Å². The van der Waals surface area contributed by atoms with Crippen molar-refractivity contribution in [1.29, 1.82) is 0 Å². The number of likely N-dealkylation sites (N-methyl/N-ethyl adjacent to an activating group) is 1. The topological polar surface area (TPSA) is 87.6 Å². The number of rotatable bonds is 7. The second-order valence-electron chi connectivity index (χ2n) is 10.0. The molecule has 0 spiro atoms. The van der Waals surface area contributed by atoms with Gasteiger partial charge in [0.1, 0.15) is 23.1 Å². The van der Waals surface area contributed by atoms with Gasteiger partial charge in [0, 0.05) is 30.2 Å². The number of ether oxygens (including phenoxy) is 1. The molecular weight excluding hydrogens is 485 g/mol. The molecule has 10 heteroatoms. The van der Waals surface area contributed by atoms with Gasteiger partial charge in [0.15, 0.2) is 5.60 Å². The van der Waals surface area contributed by atoms with E-state index in [0.29, 0.717) is 40.4 Å². The predicted octanol–water partition coefficient (Wildman–Crippen LogP) is 5.34. The normalized spacial score (nSPS) is 18.9. The summed E-state index contributed by atoms with van der Waals surface area (Å²) in [4.78, 5) is 23.5. The van der Waals surface area contributed by atoms with Crippen molar-refractivity contribution in [2.24, 2.45) is 0 Å². The number of benzene rings is 2. The third-order valence-electron chi connectivity index (χ3n) is 6.90. The van der Waals surface area contributed by atoms with Crippen LogP contribution in [0.4, 0.5) is 24.7 Å². The van der Waals surface area contributed by atoms with Crippen LogP contribution in [0.3, 0.4) is 0 Å². The average Bonchev–Trinajstić information content (AvgIpc) is 2.98. The van der Waals surface area contributed by atoms with Crippen LogP contribution in [0, 0.1) is 12.7 Å². The van der Waals surface area contributed by atoms with Crippen LogP contribution in [0.15, 0.2) is 30.3 Å². The molecule has 4 rings (SSSR count). The molecule has 1 amide bonds. The van der Waals surface area contributed by atoms with Crippen LogP contribution in [0.5, 0.6) is 0 Å². The van der Waals surface area contributed by atoms with Gasteiger partial charge in [-0.1, -0.05) is 12.1 Å². The molecule has 2 heterocycles. The largest absolute Gasteiger partial charge is 0.384 e. The number of fused-ring (bicyclic) bond motifs is 2. The third-order valence-corrected chi connectivity index (χ3v) is 6.90. The van der Waals surface area contributed by atoms with Crippen LogP contribution in [0.1, 0.15) is 63.2 Å². The van der Waals surface area contributed by atoms with Crippen LogP contribution < -0.4 is 10.2 Å². The molecule has 2 atom stereocenters. The quantitative estimate of drug-likeness (QED) is 0.441. The number of amides is 1. The zero-order valence-corrected chi connectivity index (χ0v) is 21.9. The van der Waals surface area contributed by atoms with Crippen molar-refractivity contribution in [1.82, 2.24) is 9.97 Å². The van der Waals surface area contributed by atoms with Crippen molar-refractivity contribution in [2.45, 2.75) is 64.7 Å². The van der Waals surface area contributed by atoms with Crippen molar-refractivity contribution in [2.75, 3.05) is 23.9 Å². The van der Waals surface area contributed by atoms with E-state index in [4.69, 9.17) is 4.74 Å². The molecule has 0 radical (unpaired) electrons. The molecule has 3 aromatic rings. The van der Waals surface area contributed by atoms with Gasteiger partial charge in [0.2, 0.25) is 0 Å². The fourth-order valence-electron chi connectivity index (χ4n) is 4.76. The van der Waals surface area contributed by atoms with Crippen molar-refractivity contribution in [3.63, 3.8) is 0 Å². The highest BCUT2D eigenvalue weighted by Gasteiger charge is 2.49. The van der Waals surface area contributed by atoms with Crippen LogP contribution in [0.2, 0.25) is 0 Å². The minimum Gasteiger partial charge on any atom is -0.384 e. The zero-order chi connectivity index (χ0) is 27.5. The Kier molecular flexibility index (Phi) is 6.49. The van der Waals surface area contributed by atoms with Gasteiger partial charge in [0.05, 0.1) is 22.8 Å². The van der Waals surface area contributed by atoms with Gasteiger partial charge in [-0.05, 0) is 59.7 Å². The lowest BCUT2D eigenvalue weighted by Crippen LogP contribution is -2.41. The minimum absolute atomic E-state index is 0.0109. The SMILES string of the molecule is CCOC1(C)C(=O)N(C)c2cc3c(N[C@H](C)c4cccc(C(F)(F)C(C)(C)O)c4F)nc(C)nc3cc21. The molecule has 0 fully saturated rings. The number of nitrogens with zero attached hydrogens (tertiary/aromatic N) is 3. The predicted molar refractivity (Wildman–Crippen MR) is 135 cm³/mol. The highest BCUT2D eigenvalue weighted by molar-refractivity contribution is 6.09. The molecule has 0 saturated heterocycles. The molecule has 1 aliphatic heterocycles. The zero-order valence-electron chi connectivity index (χ0n) is 21.9. The molecule has 2 aromatic carbocycles. The van der Waals surface area contributed by atoms with Gasteiger partial charge < -0.3 is 20.1 Å². The molecule has 2 N–H and O–H groups in total. The maximum atomic E-state index is 15.4. The maximum absolute atomic E-state index is 15.4. The first-order valence-corrected chi connectivity index (χ1v) is 12.0. The number of anilines is 2. The first kappa shape index (κ1) is 26.8. The summed E-state index contributed by atoms with van der Waals surface area (Å²) >= 11 is 0. The van der Waals surface area contributed by atoms with Gasteiger partial charge in [0.25, 0.3) is 5.91 Å². The van der Waals surface area contributed by atoms with Crippen molar-refractivity contribution in [3.8, 4) is 0 Å². The Labute approximate surface area is 213 Å². The second kappa shape index (κ2) is 8.95. The van der Waals surface area contributed by atoms with Gasteiger partial charge in [-0.15, -0.1) is 0 Å². The van der Waals surface area contributed by atoms with Crippen LogP contribution in [-0.4, -0.2) is 40.2 Å². The van der Waals surface area contributed by atoms with E-state index in [2.05, 4.69) is 15.3 Å². The van der Waals surface area contributed by atoms with E-state index in [-0.39, 0.29) is 11.5 Å². The Morgan fingerprint density at radius 1 is 1.24 bits per heavy atom. The molecule has 1 aliphatic rings. The van der Waals surface area contributed by atoms with E-state index in [9.17, 15) is 18.7 Å². The number of halogens is 3. The molecule has 0 saturated carbocycles. The molecule has 198 valence electrons. The highest BCUT2D eigenvalue weighted by Crippen LogP contribution is 2.45. The molecule has 37 heavy (non-hydrogen) atoms. The third kappa shape index (κ3) is 4.21. The van der Waals surface area contributed by atoms with Gasteiger partial charge in [-0.25, -0.2) is 14.4 Å². The summed E-state index contributed by atoms with van der Waals surface area (Å²) in [6.45, 7) is 9.09. The number of aromatic nitrogens is 2. The Bertz CT molecular complexity index is 1390. The number of aliphatic hydroxyl groups is 1. The number of hydrogen-bond acceptors (Lipinski definition) is 6. The summed E-state index contributed by atoms with van der Waals surface area (Å²) in [5, 5.41) is 13.6. The van der Waals surface area contributed by atoms with Gasteiger partial charge in [-0.2, -0.15) is 8.78 Å². The summed E-state index contributed by atoms with van der Waals surface area (Å²) in [6.07, 6.45) is 0. The summed E-state index contributed by atoms with van der Waals surface area (Å²) in [5.41, 5.74) is -2.64. The summed E-state index contributed by atoms with van der Waals surface area (Å²) in [6, 6.07) is 6.51. The fourth-order valence-corrected chi connectivity index (χ4v) is 4.76. The van der Waals surface area contributed by atoms with Crippen LogP contribution in [-0.2, 0) is 21.1 Å². The Morgan fingerprint density at radius 3 is 2.54 bits per heavy atom. The van der Waals surface area contributed by atoms with E-state index >= 15 is 4.39 Å². The number of carbonyl (C=O) groups is 1. The maximum Gasteiger partial charge on any atom is 0.303 e. The van der Waals surface area contributed by atoms with E-state index in [1.54, 1.807) is 40.0 Å². The van der Waals surface area contributed by atoms with Crippen molar-refractivity contribution >= 4 is 28.3 Å². The van der Waals surface area contributed by atoms with Crippen LogP contribution in [0.25, 0.3) is 10.9 Å². The summed E-state index contributed by atoms with van der Waals surface area (Å²) in [7, 11) is 1.66.